The van der Waals surface area contributed by atoms with Crippen LogP contribution in [0.2, 0.25) is 0 Å². The van der Waals surface area contributed by atoms with E-state index in [1.54, 1.807) is 42.4 Å². The first kappa shape index (κ1) is 30.2. The van der Waals surface area contributed by atoms with E-state index in [2.05, 4.69) is 10.3 Å². The minimum Gasteiger partial charge on any atom is -0.490 e. The van der Waals surface area contributed by atoms with Crippen molar-refractivity contribution in [1.82, 2.24) is 9.88 Å². The number of rotatable bonds is 12. The quantitative estimate of drug-likeness (QED) is 0.210. The Kier molecular flexibility index (Phi) is 8.77. The van der Waals surface area contributed by atoms with E-state index in [1.165, 1.54) is 0 Å². The lowest BCUT2D eigenvalue weighted by Gasteiger charge is -2.27. The summed E-state index contributed by atoms with van der Waals surface area (Å²) in [5, 5.41) is 4.76. The summed E-state index contributed by atoms with van der Waals surface area (Å²) < 4.78 is 38.1. The monoisotopic (exact) mass is 602 g/mol. The molecule has 1 aliphatic rings. The molecule has 5 rings (SSSR count). The van der Waals surface area contributed by atoms with Gasteiger partial charge in [0.1, 0.15) is 11.9 Å². The van der Waals surface area contributed by atoms with Crippen LogP contribution < -0.4 is 20.5 Å². The van der Waals surface area contributed by atoms with E-state index in [1.807, 2.05) is 63.2 Å². The minimum absolute atomic E-state index is 0.0572. The summed E-state index contributed by atoms with van der Waals surface area (Å²) in [5.41, 5.74) is 8.03. The molecule has 0 bridgehead atoms. The number of benzene rings is 3. The third-order valence-corrected chi connectivity index (χ3v) is 9.70. The SMILES string of the molecule is CCOc1cc([C@@H](Nc2ccc3c(N)nccc3c2)C(=O)N(C)Cc2ccccc2S(=O)(=O)C2CC2)ccc1OC(C)C. The van der Waals surface area contributed by atoms with Gasteiger partial charge < -0.3 is 25.4 Å². The van der Waals surface area contributed by atoms with Crippen molar-refractivity contribution in [2.75, 3.05) is 24.7 Å². The number of carbonyl (C=O) groups excluding carboxylic acids is 1. The first-order valence-electron chi connectivity index (χ1n) is 14.5. The van der Waals surface area contributed by atoms with Crippen molar-refractivity contribution >= 4 is 38.0 Å². The first-order chi connectivity index (χ1) is 20.6. The molecule has 1 atom stereocenters. The number of pyridine rings is 1. The van der Waals surface area contributed by atoms with Crippen LogP contribution in [0.15, 0.2) is 77.8 Å². The van der Waals surface area contributed by atoms with E-state index in [0.29, 0.717) is 53.6 Å². The fourth-order valence-electron chi connectivity index (χ4n) is 5.09. The summed E-state index contributed by atoms with van der Waals surface area (Å²) in [6, 6.07) is 19.1. The van der Waals surface area contributed by atoms with E-state index >= 15 is 0 Å². The molecule has 1 saturated carbocycles. The van der Waals surface area contributed by atoms with Crippen LogP contribution in [0.3, 0.4) is 0 Å². The number of carbonyl (C=O) groups is 1. The molecule has 0 saturated heterocycles. The third-order valence-electron chi connectivity index (χ3n) is 7.34. The maximum absolute atomic E-state index is 14.2. The van der Waals surface area contributed by atoms with Gasteiger partial charge in [0.05, 0.1) is 22.9 Å². The molecule has 4 aromatic rings. The van der Waals surface area contributed by atoms with Crippen LogP contribution in [-0.4, -0.2) is 49.2 Å². The average Bonchev–Trinajstić information content (AvgIpc) is 3.83. The van der Waals surface area contributed by atoms with Crippen LogP contribution in [0.1, 0.15) is 50.8 Å². The first-order valence-corrected chi connectivity index (χ1v) is 16.0. The smallest absolute Gasteiger partial charge is 0.249 e. The summed E-state index contributed by atoms with van der Waals surface area (Å²) >= 11 is 0. The summed E-state index contributed by atoms with van der Waals surface area (Å²) in [5.74, 6) is 1.31. The summed E-state index contributed by atoms with van der Waals surface area (Å²) in [6.45, 7) is 6.33. The van der Waals surface area contributed by atoms with Crippen molar-refractivity contribution in [3.8, 4) is 11.5 Å². The molecule has 9 nitrogen and oxygen atoms in total. The van der Waals surface area contributed by atoms with Crippen LogP contribution in [-0.2, 0) is 21.2 Å². The van der Waals surface area contributed by atoms with Gasteiger partial charge in [-0.15, -0.1) is 0 Å². The van der Waals surface area contributed by atoms with Gasteiger partial charge in [0.15, 0.2) is 21.3 Å². The second-order valence-corrected chi connectivity index (χ2v) is 13.3. The standard InChI is InChI=1S/C33H38N4O5S/c1-5-41-29-19-23(10-15-28(29)42-21(2)3)31(36-25-11-14-27-22(18-25)16-17-35-32(27)34)33(38)37(4)20-24-8-6-7-9-30(24)43(39,40)26-12-13-26/h6-11,14-19,21,26,31,36H,5,12-13,20H2,1-4H3,(H2,34,35)/t31-/m1/s1. The van der Waals surface area contributed by atoms with Gasteiger partial charge in [-0.25, -0.2) is 13.4 Å². The lowest BCUT2D eigenvalue weighted by molar-refractivity contribution is -0.131. The zero-order valence-electron chi connectivity index (χ0n) is 24.9. The fourth-order valence-corrected chi connectivity index (χ4v) is 6.98. The Morgan fingerprint density at radius 3 is 2.56 bits per heavy atom. The maximum atomic E-state index is 14.2. The maximum Gasteiger partial charge on any atom is 0.249 e. The molecule has 0 spiro atoms. The largest absolute Gasteiger partial charge is 0.490 e. The van der Waals surface area contributed by atoms with Gasteiger partial charge in [-0.3, -0.25) is 4.79 Å². The Bertz CT molecular complexity index is 1740. The highest BCUT2D eigenvalue weighted by Crippen LogP contribution is 2.36. The molecular formula is C33H38N4O5S. The molecular weight excluding hydrogens is 564 g/mol. The molecule has 226 valence electrons. The predicted octanol–water partition coefficient (Wildman–Crippen LogP) is 5.75. The number of nitrogens with zero attached hydrogens (tertiary/aromatic N) is 2. The highest BCUT2D eigenvalue weighted by molar-refractivity contribution is 7.92. The molecule has 1 aromatic heterocycles. The number of hydrogen-bond donors (Lipinski definition) is 2. The van der Waals surface area contributed by atoms with Crippen molar-refractivity contribution in [2.24, 2.45) is 0 Å². The zero-order chi connectivity index (χ0) is 30.7. The number of nitrogen functional groups attached to an aromatic ring is 1. The number of anilines is 2. The van der Waals surface area contributed by atoms with Gasteiger partial charge >= 0.3 is 0 Å². The van der Waals surface area contributed by atoms with Crippen molar-refractivity contribution in [3.63, 3.8) is 0 Å². The molecule has 3 N–H and O–H groups in total. The van der Waals surface area contributed by atoms with Crippen LogP contribution in [0, 0.1) is 0 Å². The van der Waals surface area contributed by atoms with Crippen molar-refractivity contribution in [3.05, 3.63) is 84.1 Å². The number of fused-ring (bicyclic) bond motifs is 1. The van der Waals surface area contributed by atoms with Gasteiger partial charge in [-0.2, -0.15) is 0 Å². The van der Waals surface area contributed by atoms with Gasteiger partial charge in [-0.05, 0) is 92.6 Å². The molecule has 10 heteroatoms. The van der Waals surface area contributed by atoms with Crippen molar-refractivity contribution in [1.29, 1.82) is 0 Å². The summed E-state index contributed by atoms with van der Waals surface area (Å²) in [4.78, 5) is 20.2. The number of nitrogens with two attached hydrogens (primary N) is 1. The van der Waals surface area contributed by atoms with Crippen molar-refractivity contribution < 1.29 is 22.7 Å². The molecule has 0 radical (unpaired) electrons. The van der Waals surface area contributed by atoms with Crippen LogP contribution >= 0.6 is 0 Å². The number of nitrogens with one attached hydrogen (secondary N) is 1. The lowest BCUT2D eigenvalue weighted by atomic mass is 10.0. The predicted molar refractivity (Wildman–Crippen MR) is 169 cm³/mol. The molecule has 1 aliphatic carbocycles. The zero-order valence-corrected chi connectivity index (χ0v) is 25.7. The van der Waals surface area contributed by atoms with E-state index in [4.69, 9.17) is 15.2 Å². The Balaban J connectivity index is 1.51. The van der Waals surface area contributed by atoms with Gasteiger partial charge in [0, 0.05) is 30.9 Å². The van der Waals surface area contributed by atoms with E-state index in [-0.39, 0.29) is 28.7 Å². The Hall–Kier alpha value is -4.31. The molecule has 3 aromatic carbocycles. The van der Waals surface area contributed by atoms with Crippen LogP contribution in [0.4, 0.5) is 11.5 Å². The van der Waals surface area contributed by atoms with Crippen molar-refractivity contribution in [2.45, 2.75) is 62.4 Å². The second kappa shape index (κ2) is 12.5. The molecule has 0 unspecified atom stereocenters. The highest BCUT2D eigenvalue weighted by atomic mass is 32.2. The van der Waals surface area contributed by atoms with Gasteiger partial charge in [0.2, 0.25) is 5.91 Å². The third kappa shape index (κ3) is 6.69. The summed E-state index contributed by atoms with van der Waals surface area (Å²) in [6.07, 6.45) is 2.93. The van der Waals surface area contributed by atoms with Crippen LogP contribution in [0.5, 0.6) is 11.5 Å². The molecule has 1 amide bonds. The number of ether oxygens (including phenoxy) is 2. The summed E-state index contributed by atoms with van der Waals surface area (Å²) in [7, 11) is -1.75. The topological polar surface area (TPSA) is 124 Å². The second-order valence-electron chi connectivity index (χ2n) is 11.1. The van der Waals surface area contributed by atoms with E-state index < -0.39 is 15.9 Å². The number of sulfone groups is 1. The van der Waals surface area contributed by atoms with Gasteiger partial charge in [-0.1, -0.05) is 24.3 Å². The average molecular weight is 603 g/mol. The molecule has 43 heavy (non-hydrogen) atoms. The molecule has 0 aliphatic heterocycles. The lowest BCUT2D eigenvalue weighted by Crippen LogP contribution is -2.35. The Morgan fingerprint density at radius 1 is 1.07 bits per heavy atom. The number of amides is 1. The van der Waals surface area contributed by atoms with Gasteiger partial charge in [0.25, 0.3) is 0 Å². The number of hydrogen-bond acceptors (Lipinski definition) is 8. The Labute approximate surface area is 252 Å². The minimum atomic E-state index is -3.44. The number of aromatic nitrogens is 1. The number of likely N-dealkylation sites (N-methyl/N-ethyl adjacent to an activating group) is 1. The highest BCUT2D eigenvalue weighted by Gasteiger charge is 2.38. The Morgan fingerprint density at radius 2 is 1.84 bits per heavy atom. The normalized spacial score (nSPS) is 14.0. The van der Waals surface area contributed by atoms with E-state index in [0.717, 1.165) is 10.8 Å². The van der Waals surface area contributed by atoms with Crippen LogP contribution in [0.25, 0.3) is 10.8 Å². The fraction of sp³-hybridized carbons (Fsp3) is 0.333. The van der Waals surface area contributed by atoms with E-state index in [9.17, 15) is 13.2 Å². The molecule has 1 heterocycles. The molecule has 1 fully saturated rings.